The van der Waals surface area contributed by atoms with Crippen LogP contribution in [0, 0.1) is 11.8 Å². The molecular formula is C28H39N3O6. The van der Waals surface area contributed by atoms with Crippen molar-refractivity contribution < 1.29 is 28.4 Å². The number of Topliss-reactive ketones (excluding diaryl/α,β-unsaturated/α-hetero) is 1. The fourth-order valence-corrected chi connectivity index (χ4v) is 5.02. The van der Waals surface area contributed by atoms with E-state index in [1.54, 1.807) is 26.0 Å². The zero-order chi connectivity index (χ0) is 26.8. The first-order valence-electron chi connectivity index (χ1n) is 13.0. The highest BCUT2D eigenvalue weighted by Crippen LogP contribution is 2.29. The molecule has 1 aliphatic rings. The summed E-state index contributed by atoms with van der Waals surface area (Å²) in [6, 6.07) is 8.25. The van der Waals surface area contributed by atoms with Crippen LogP contribution in [-0.4, -0.2) is 61.1 Å². The Morgan fingerprint density at radius 3 is 2.51 bits per heavy atom. The van der Waals surface area contributed by atoms with E-state index in [0.717, 1.165) is 31.2 Å². The third-order valence-electron chi connectivity index (χ3n) is 7.30. The number of carbonyl (C=O) groups is 3. The first-order chi connectivity index (χ1) is 17.8. The lowest BCUT2D eigenvalue weighted by molar-refractivity contribution is -0.142. The minimum absolute atomic E-state index is 0.0435. The van der Waals surface area contributed by atoms with Crippen molar-refractivity contribution in [3.05, 3.63) is 47.9 Å². The lowest BCUT2D eigenvalue weighted by Crippen LogP contribution is -2.46. The van der Waals surface area contributed by atoms with Gasteiger partial charge in [-0.25, -0.2) is 0 Å². The second-order valence-electron chi connectivity index (χ2n) is 9.87. The molecule has 0 unspecified atom stereocenters. The lowest BCUT2D eigenvalue weighted by Gasteiger charge is -2.30. The molecule has 9 nitrogen and oxygen atoms in total. The maximum absolute atomic E-state index is 13.6. The number of ketones is 1. The van der Waals surface area contributed by atoms with Crippen LogP contribution in [0.2, 0.25) is 0 Å². The van der Waals surface area contributed by atoms with E-state index < -0.39 is 24.0 Å². The molecule has 1 aromatic carbocycles. The summed E-state index contributed by atoms with van der Waals surface area (Å²) >= 11 is 0. The van der Waals surface area contributed by atoms with Crippen LogP contribution in [0.25, 0.3) is 0 Å². The standard InChI is InChI=1S/C28H39N3O6/c1-19(35-3)22(28(34)31(2)18-21-12-8-9-13-25(21)36-4)17-24(32)23(16-20-10-6-5-7-11-20)30-27(33)26-14-15-29-37-26/h8-9,12-15,19-20,22-23H,5-7,10-11,16-18H2,1-4H3,(H,30,33)/t19-,22+,23+/m1/s1. The number of methoxy groups -OCH3 is 2. The molecule has 1 saturated carbocycles. The van der Waals surface area contributed by atoms with Gasteiger partial charge in [-0.05, 0) is 25.3 Å². The number of carbonyl (C=O) groups excluding carboxylic acids is 3. The number of hydrogen-bond acceptors (Lipinski definition) is 7. The molecule has 0 spiro atoms. The fourth-order valence-electron chi connectivity index (χ4n) is 5.02. The van der Waals surface area contributed by atoms with E-state index in [2.05, 4.69) is 10.5 Å². The summed E-state index contributed by atoms with van der Waals surface area (Å²) in [5.74, 6) is -0.484. The van der Waals surface area contributed by atoms with Crippen molar-refractivity contribution in [3.8, 4) is 5.75 Å². The van der Waals surface area contributed by atoms with Crippen molar-refractivity contribution in [1.29, 1.82) is 0 Å². The van der Waals surface area contributed by atoms with Gasteiger partial charge < -0.3 is 24.2 Å². The number of ether oxygens (including phenoxy) is 2. The highest BCUT2D eigenvalue weighted by atomic mass is 16.5. The Labute approximate surface area is 218 Å². The number of amides is 2. The van der Waals surface area contributed by atoms with Crippen molar-refractivity contribution in [2.45, 2.75) is 70.6 Å². The summed E-state index contributed by atoms with van der Waals surface area (Å²) in [4.78, 5) is 41.5. The van der Waals surface area contributed by atoms with Gasteiger partial charge in [-0.1, -0.05) is 55.5 Å². The van der Waals surface area contributed by atoms with Crippen LogP contribution in [-0.2, 0) is 20.9 Å². The highest BCUT2D eigenvalue weighted by Gasteiger charge is 2.34. The van der Waals surface area contributed by atoms with Crippen LogP contribution in [0.4, 0.5) is 0 Å². The topological polar surface area (TPSA) is 111 Å². The van der Waals surface area contributed by atoms with Gasteiger partial charge in [0.15, 0.2) is 5.78 Å². The molecule has 0 radical (unpaired) electrons. The second-order valence-corrected chi connectivity index (χ2v) is 9.87. The molecule has 1 N–H and O–H groups in total. The predicted octanol–water partition coefficient (Wildman–Crippen LogP) is 4.02. The van der Waals surface area contributed by atoms with Crippen molar-refractivity contribution in [2.24, 2.45) is 11.8 Å². The molecule has 0 bridgehead atoms. The van der Waals surface area contributed by atoms with Gasteiger partial charge in [0.25, 0.3) is 5.91 Å². The Hall–Kier alpha value is -3.20. The average Bonchev–Trinajstić information content (AvgIpc) is 3.46. The van der Waals surface area contributed by atoms with E-state index in [-0.39, 0.29) is 23.9 Å². The zero-order valence-corrected chi connectivity index (χ0v) is 22.3. The second kappa shape index (κ2) is 13.9. The van der Waals surface area contributed by atoms with E-state index in [1.165, 1.54) is 25.8 Å². The quantitative estimate of drug-likeness (QED) is 0.431. The maximum Gasteiger partial charge on any atom is 0.290 e. The van der Waals surface area contributed by atoms with Crippen LogP contribution in [0.15, 0.2) is 41.1 Å². The van der Waals surface area contributed by atoms with Gasteiger partial charge >= 0.3 is 0 Å². The SMILES string of the molecule is COc1ccccc1CN(C)C(=O)[C@@H](CC(=O)[C@H](CC1CCCCC1)NC(=O)c1ccno1)[C@@H](C)OC. The highest BCUT2D eigenvalue weighted by molar-refractivity contribution is 5.97. The molecule has 2 amide bonds. The summed E-state index contributed by atoms with van der Waals surface area (Å²) in [5.41, 5.74) is 0.866. The number of benzene rings is 1. The molecule has 0 aliphatic heterocycles. The number of rotatable bonds is 13. The first kappa shape index (κ1) is 28.4. The smallest absolute Gasteiger partial charge is 0.290 e. The molecular weight excluding hydrogens is 474 g/mol. The van der Waals surface area contributed by atoms with Gasteiger partial charge in [0.05, 0.1) is 31.4 Å². The molecule has 202 valence electrons. The van der Waals surface area contributed by atoms with Gasteiger partial charge in [-0.15, -0.1) is 0 Å². The van der Waals surface area contributed by atoms with Gasteiger partial charge in [-0.3, -0.25) is 14.4 Å². The van der Waals surface area contributed by atoms with E-state index in [4.69, 9.17) is 14.0 Å². The molecule has 0 saturated heterocycles. The molecule has 1 fully saturated rings. The molecule has 2 aromatic rings. The summed E-state index contributed by atoms with van der Waals surface area (Å²) in [6.45, 7) is 2.12. The number of nitrogens with zero attached hydrogens (tertiary/aromatic N) is 2. The molecule has 3 atom stereocenters. The Kier molecular flexibility index (Phi) is 10.7. The Morgan fingerprint density at radius 1 is 1.14 bits per heavy atom. The molecule has 1 heterocycles. The van der Waals surface area contributed by atoms with Gasteiger partial charge in [0.1, 0.15) is 5.75 Å². The summed E-state index contributed by atoms with van der Waals surface area (Å²) in [7, 11) is 4.83. The third-order valence-corrected chi connectivity index (χ3v) is 7.30. The summed E-state index contributed by atoms with van der Waals surface area (Å²) in [5, 5.41) is 6.43. The molecule has 1 aromatic heterocycles. The van der Waals surface area contributed by atoms with Gasteiger partial charge in [0, 0.05) is 38.8 Å². The van der Waals surface area contributed by atoms with Crippen LogP contribution in [0.3, 0.4) is 0 Å². The molecule has 3 rings (SSSR count). The largest absolute Gasteiger partial charge is 0.496 e. The zero-order valence-electron chi connectivity index (χ0n) is 22.3. The monoisotopic (exact) mass is 513 g/mol. The maximum atomic E-state index is 13.6. The Morgan fingerprint density at radius 2 is 1.86 bits per heavy atom. The van der Waals surface area contributed by atoms with Crippen LogP contribution >= 0.6 is 0 Å². The third kappa shape index (κ3) is 7.89. The summed E-state index contributed by atoms with van der Waals surface area (Å²) < 4.78 is 15.9. The fraction of sp³-hybridized carbons (Fsp3) is 0.571. The minimum Gasteiger partial charge on any atom is -0.496 e. The Bertz CT molecular complexity index is 1020. The van der Waals surface area contributed by atoms with Crippen molar-refractivity contribution in [2.75, 3.05) is 21.3 Å². The van der Waals surface area contributed by atoms with Crippen molar-refractivity contribution in [1.82, 2.24) is 15.4 Å². The number of nitrogens with one attached hydrogen (secondary N) is 1. The van der Waals surface area contributed by atoms with E-state index in [1.807, 2.05) is 24.3 Å². The number of aromatic nitrogens is 1. The van der Waals surface area contributed by atoms with E-state index in [9.17, 15) is 14.4 Å². The van der Waals surface area contributed by atoms with Gasteiger partial charge in [0.2, 0.25) is 11.7 Å². The van der Waals surface area contributed by atoms with Crippen LogP contribution in [0.1, 0.15) is 68.0 Å². The minimum atomic E-state index is -0.723. The molecule has 1 aliphatic carbocycles. The first-order valence-corrected chi connectivity index (χ1v) is 13.0. The lowest BCUT2D eigenvalue weighted by atomic mass is 9.82. The van der Waals surface area contributed by atoms with Crippen molar-refractivity contribution >= 4 is 17.6 Å². The van der Waals surface area contributed by atoms with E-state index in [0.29, 0.717) is 24.6 Å². The normalized spacial score (nSPS) is 16.4. The molecule has 37 heavy (non-hydrogen) atoms. The van der Waals surface area contributed by atoms with E-state index >= 15 is 0 Å². The van der Waals surface area contributed by atoms with Crippen molar-refractivity contribution in [3.63, 3.8) is 0 Å². The average molecular weight is 514 g/mol. The van der Waals surface area contributed by atoms with Crippen LogP contribution in [0.5, 0.6) is 5.75 Å². The number of para-hydroxylation sites is 1. The predicted molar refractivity (Wildman–Crippen MR) is 138 cm³/mol. The summed E-state index contributed by atoms with van der Waals surface area (Å²) in [6.07, 6.45) is 6.89. The molecule has 9 heteroatoms. The van der Waals surface area contributed by atoms with Crippen LogP contribution < -0.4 is 10.1 Å². The van der Waals surface area contributed by atoms with Gasteiger partial charge in [-0.2, -0.15) is 0 Å². The Balaban J connectivity index is 1.75. The number of hydrogen-bond donors (Lipinski definition) is 1.